The van der Waals surface area contributed by atoms with Gasteiger partial charge in [-0.15, -0.1) is 0 Å². The third kappa shape index (κ3) is 8.45. The van der Waals surface area contributed by atoms with Gasteiger partial charge in [0.15, 0.2) is 0 Å². The summed E-state index contributed by atoms with van der Waals surface area (Å²) in [6.07, 6.45) is 2.87. The van der Waals surface area contributed by atoms with Crippen molar-refractivity contribution in [2.75, 3.05) is 26.5 Å². The van der Waals surface area contributed by atoms with Crippen LogP contribution in [-0.2, 0) is 18.2 Å². The first-order valence-electron chi connectivity index (χ1n) is 5.08. The van der Waals surface area contributed by atoms with Crippen LogP contribution in [0.4, 0.5) is 0 Å². The van der Waals surface area contributed by atoms with Gasteiger partial charge in [-0.25, -0.2) is 0 Å². The summed E-state index contributed by atoms with van der Waals surface area (Å²) in [7, 11) is -4.36. The normalized spacial score (nSPS) is 19.0. The van der Waals surface area contributed by atoms with Crippen LogP contribution in [0.1, 0.15) is 25.7 Å². The summed E-state index contributed by atoms with van der Waals surface area (Å²) in [5, 5.41) is 0. The monoisotopic (exact) mass is 274 g/mol. The fourth-order valence-electron chi connectivity index (χ4n) is 1.16. The van der Waals surface area contributed by atoms with E-state index in [1.807, 2.05) is 0 Å². The number of rotatable bonds is 9. The second-order valence-electron chi connectivity index (χ2n) is 3.50. The molecule has 8 heteroatoms. The number of hydrogen-bond donors (Lipinski definition) is 2. The lowest BCUT2D eigenvalue weighted by Crippen LogP contribution is -1.94. The molecule has 0 aromatic carbocycles. The van der Waals surface area contributed by atoms with Crippen LogP contribution in [0.2, 0.25) is 0 Å². The molecule has 2 unspecified atom stereocenters. The lowest BCUT2D eigenvalue weighted by atomic mass is 10.2. The standard InChI is InChI=1S/C8H20O6P2/c1-13-15(9,10)7-5-3-4-6-8-16(11,12)14-2/h3-8H2,1-2H3,(H,9,10)(H,11,12). The zero-order valence-electron chi connectivity index (χ0n) is 9.66. The molecule has 0 bridgehead atoms. The summed E-state index contributed by atoms with van der Waals surface area (Å²) in [6.45, 7) is 0. The molecule has 0 aliphatic carbocycles. The average Bonchev–Trinajstić information content (AvgIpc) is 2.23. The van der Waals surface area contributed by atoms with Crippen LogP contribution < -0.4 is 0 Å². The molecule has 0 saturated carbocycles. The van der Waals surface area contributed by atoms with Crippen molar-refractivity contribution in [2.45, 2.75) is 25.7 Å². The molecule has 0 amide bonds. The average molecular weight is 274 g/mol. The highest BCUT2D eigenvalue weighted by Crippen LogP contribution is 2.43. The Labute approximate surface area is 96.0 Å². The maximum absolute atomic E-state index is 11.0. The van der Waals surface area contributed by atoms with E-state index in [2.05, 4.69) is 9.05 Å². The van der Waals surface area contributed by atoms with E-state index in [0.717, 1.165) is 12.8 Å². The highest BCUT2D eigenvalue weighted by atomic mass is 31.2. The molecular weight excluding hydrogens is 254 g/mol. The molecule has 16 heavy (non-hydrogen) atoms. The first kappa shape index (κ1) is 16.3. The molecule has 98 valence electrons. The molecule has 0 aliphatic rings. The zero-order valence-corrected chi connectivity index (χ0v) is 11.5. The van der Waals surface area contributed by atoms with Gasteiger partial charge in [-0.1, -0.05) is 12.8 Å². The van der Waals surface area contributed by atoms with E-state index in [9.17, 15) is 9.13 Å². The van der Waals surface area contributed by atoms with Crippen molar-refractivity contribution in [3.05, 3.63) is 0 Å². The molecule has 0 aromatic heterocycles. The summed E-state index contributed by atoms with van der Waals surface area (Å²) in [5.41, 5.74) is 0. The maximum atomic E-state index is 11.0. The number of unbranched alkanes of at least 4 members (excludes halogenated alkanes) is 3. The molecule has 2 atom stereocenters. The van der Waals surface area contributed by atoms with E-state index >= 15 is 0 Å². The van der Waals surface area contributed by atoms with Crippen molar-refractivity contribution >= 4 is 15.2 Å². The van der Waals surface area contributed by atoms with Crippen LogP contribution in [-0.4, -0.2) is 36.3 Å². The first-order chi connectivity index (χ1) is 7.33. The Morgan fingerprint density at radius 3 is 1.38 bits per heavy atom. The zero-order chi connectivity index (χ0) is 12.7. The van der Waals surface area contributed by atoms with Crippen LogP contribution in [0.3, 0.4) is 0 Å². The number of hydrogen-bond acceptors (Lipinski definition) is 4. The van der Waals surface area contributed by atoms with Crippen molar-refractivity contribution in [3.8, 4) is 0 Å². The molecule has 6 nitrogen and oxygen atoms in total. The van der Waals surface area contributed by atoms with E-state index in [1.54, 1.807) is 0 Å². The van der Waals surface area contributed by atoms with Gasteiger partial charge in [0.2, 0.25) is 0 Å². The summed E-state index contributed by atoms with van der Waals surface area (Å²) >= 11 is 0. The van der Waals surface area contributed by atoms with Gasteiger partial charge in [0, 0.05) is 26.5 Å². The Hall–Kier alpha value is 0.300. The summed E-state index contributed by atoms with van der Waals surface area (Å²) < 4.78 is 30.9. The molecule has 0 fully saturated rings. The van der Waals surface area contributed by atoms with Gasteiger partial charge in [0.25, 0.3) is 0 Å². The topological polar surface area (TPSA) is 93.1 Å². The summed E-state index contributed by atoms with van der Waals surface area (Å²) in [4.78, 5) is 18.2. The van der Waals surface area contributed by atoms with Gasteiger partial charge < -0.3 is 18.8 Å². The van der Waals surface area contributed by atoms with Crippen LogP contribution in [0.25, 0.3) is 0 Å². The largest absolute Gasteiger partial charge is 0.327 e. The molecule has 0 spiro atoms. The third-order valence-corrected chi connectivity index (χ3v) is 5.11. The van der Waals surface area contributed by atoms with E-state index in [0.29, 0.717) is 12.8 Å². The molecule has 0 aliphatic heterocycles. The molecule has 0 saturated heterocycles. The summed E-state index contributed by atoms with van der Waals surface area (Å²) in [6, 6.07) is 0. The lowest BCUT2D eigenvalue weighted by molar-refractivity contribution is 0.311. The molecule has 0 aromatic rings. The highest BCUT2D eigenvalue weighted by Gasteiger charge is 2.17. The van der Waals surface area contributed by atoms with Crippen molar-refractivity contribution in [1.82, 2.24) is 0 Å². The Bertz CT molecular complexity index is 252. The van der Waals surface area contributed by atoms with E-state index in [4.69, 9.17) is 9.79 Å². The van der Waals surface area contributed by atoms with Gasteiger partial charge in [-0.05, 0) is 12.8 Å². The van der Waals surface area contributed by atoms with E-state index in [1.165, 1.54) is 14.2 Å². The fourth-order valence-corrected chi connectivity index (χ4v) is 2.77. The van der Waals surface area contributed by atoms with Gasteiger partial charge >= 0.3 is 15.2 Å². The predicted molar refractivity (Wildman–Crippen MR) is 61.9 cm³/mol. The predicted octanol–water partition coefficient (Wildman–Crippen LogP) is 2.21. The van der Waals surface area contributed by atoms with Crippen molar-refractivity contribution in [3.63, 3.8) is 0 Å². The van der Waals surface area contributed by atoms with Crippen molar-refractivity contribution in [2.24, 2.45) is 0 Å². The maximum Gasteiger partial charge on any atom is 0.327 e. The molecule has 2 N–H and O–H groups in total. The molecule has 0 radical (unpaired) electrons. The SMILES string of the molecule is COP(=O)(O)CCCCCCP(=O)(O)OC. The minimum Gasteiger partial charge on any atom is -0.324 e. The summed E-state index contributed by atoms with van der Waals surface area (Å²) in [5.74, 6) is 0. The van der Waals surface area contributed by atoms with E-state index < -0.39 is 15.2 Å². The molecule has 0 rings (SSSR count). The van der Waals surface area contributed by atoms with Crippen LogP contribution in [0.15, 0.2) is 0 Å². The minimum absolute atomic E-state index is 0.130. The Balaban J connectivity index is 3.49. The van der Waals surface area contributed by atoms with Crippen LogP contribution in [0.5, 0.6) is 0 Å². The molecular formula is C8H20O6P2. The third-order valence-electron chi connectivity index (χ3n) is 2.20. The van der Waals surface area contributed by atoms with Crippen LogP contribution in [0, 0.1) is 0 Å². The van der Waals surface area contributed by atoms with Gasteiger partial charge in [-0.3, -0.25) is 9.13 Å². The first-order valence-corrected chi connectivity index (χ1v) is 8.60. The molecule has 0 heterocycles. The van der Waals surface area contributed by atoms with Crippen molar-refractivity contribution < 1.29 is 28.0 Å². The minimum atomic E-state index is -3.39. The highest BCUT2D eigenvalue weighted by molar-refractivity contribution is 7.53. The fraction of sp³-hybridized carbons (Fsp3) is 1.00. The van der Waals surface area contributed by atoms with Gasteiger partial charge in [-0.2, -0.15) is 0 Å². The van der Waals surface area contributed by atoms with Crippen molar-refractivity contribution in [1.29, 1.82) is 0 Å². The van der Waals surface area contributed by atoms with Gasteiger partial charge in [0.1, 0.15) is 0 Å². The Morgan fingerprint density at radius 1 is 0.812 bits per heavy atom. The Kier molecular flexibility index (Phi) is 7.73. The second kappa shape index (κ2) is 7.59. The lowest BCUT2D eigenvalue weighted by Gasteiger charge is -2.09. The Morgan fingerprint density at radius 2 is 1.12 bits per heavy atom. The quantitative estimate of drug-likeness (QED) is 0.494. The van der Waals surface area contributed by atoms with Crippen LogP contribution >= 0.6 is 15.2 Å². The second-order valence-corrected chi connectivity index (χ2v) is 7.68. The van der Waals surface area contributed by atoms with E-state index in [-0.39, 0.29) is 12.3 Å². The smallest absolute Gasteiger partial charge is 0.324 e. The van der Waals surface area contributed by atoms with Gasteiger partial charge in [0.05, 0.1) is 0 Å².